The summed E-state index contributed by atoms with van der Waals surface area (Å²) in [5, 5.41) is 3.79. The molecular formula is C20H25ClN2O3S. The number of morpholine rings is 1. The van der Waals surface area contributed by atoms with Crippen molar-refractivity contribution in [3.05, 3.63) is 52.9 Å². The molecule has 2 aromatic rings. The van der Waals surface area contributed by atoms with Crippen LogP contribution < -0.4 is 5.32 Å². The molecule has 1 aliphatic rings. The molecule has 1 N–H and O–H groups in total. The van der Waals surface area contributed by atoms with Crippen molar-refractivity contribution < 1.29 is 13.9 Å². The van der Waals surface area contributed by atoms with Gasteiger partial charge >= 0.3 is 0 Å². The van der Waals surface area contributed by atoms with E-state index in [4.69, 9.17) is 20.8 Å². The smallest absolute Gasteiger partial charge is 0.220 e. The first kappa shape index (κ1) is 20.3. The Balaban J connectivity index is 1.48. The molecule has 0 spiro atoms. The highest BCUT2D eigenvalue weighted by Crippen LogP contribution is 2.24. The van der Waals surface area contributed by atoms with Gasteiger partial charge in [0.15, 0.2) is 0 Å². The van der Waals surface area contributed by atoms with E-state index in [-0.39, 0.29) is 11.9 Å². The molecule has 1 aliphatic heterocycles. The molecule has 1 aromatic carbocycles. The fraction of sp³-hybridized carbons (Fsp3) is 0.450. The van der Waals surface area contributed by atoms with Crippen LogP contribution in [0.25, 0.3) is 0 Å². The van der Waals surface area contributed by atoms with Crippen LogP contribution in [0.4, 0.5) is 0 Å². The third-order valence-electron chi connectivity index (χ3n) is 4.48. The monoisotopic (exact) mass is 408 g/mol. The van der Waals surface area contributed by atoms with Crippen LogP contribution in [0.3, 0.4) is 0 Å². The van der Waals surface area contributed by atoms with Crippen molar-refractivity contribution in [2.75, 3.05) is 38.6 Å². The standard InChI is InChI=1S/C20H25ClN2O3S/c1-15-2-7-19(26-15)18(23-9-11-25-12-10-23)14-22-20(24)8-13-27-17-5-3-16(21)4-6-17/h2-7,18H,8-14H2,1H3,(H,22,24). The van der Waals surface area contributed by atoms with E-state index in [0.29, 0.717) is 26.2 Å². The Morgan fingerprint density at radius 2 is 1.96 bits per heavy atom. The summed E-state index contributed by atoms with van der Waals surface area (Å²) in [6, 6.07) is 11.7. The number of halogens is 1. The van der Waals surface area contributed by atoms with Crippen LogP contribution in [-0.4, -0.2) is 49.4 Å². The number of benzene rings is 1. The van der Waals surface area contributed by atoms with Crippen molar-refractivity contribution in [2.45, 2.75) is 24.3 Å². The number of thioether (sulfide) groups is 1. The number of rotatable bonds is 8. The second-order valence-corrected chi connectivity index (χ2v) is 8.07. The van der Waals surface area contributed by atoms with Crippen LogP contribution in [-0.2, 0) is 9.53 Å². The molecule has 5 nitrogen and oxygen atoms in total. The van der Waals surface area contributed by atoms with Gasteiger partial charge in [-0.15, -0.1) is 11.8 Å². The summed E-state index contributed by atoms with van der Waals surface area (Å²) in [5.41, 5.74) is 0. The van der Waals surface area contributed by atoms with E-state index >= 15 is 0 Å². The van der Waals surface area contributed by atoms with Crippen molar-refractivity contribution >= 4 is 29.3 Å². The van der Waals surface area contributed by atoms with Crippen LogP contribution in [0.1, 0.15) is 24.0 Å². The minimum atomic E-state index is 0.0375. The van der Waals surface area contributed by atoms with Gasteiger partial charge in [-0.05, 0) is 43.3 Å². The van der Waals surface area contributed by atoms with Crippen LogP contribution in [0.15, 0.2) is 45.7 Å². The predicted molar refractivity (Wildman–Crippen MR) is 108 cm³/mol. The minimum absolute atomic E-state index is 0.0375. The highest BCUT2D eigenvalue weighted by atomic mass is 35.5. The lowest BCUT2D eigenvalue weighted by molar-refractivity contribution is -0.121. The number of hydrogen-bond acceptors (Lipinski definition) is 5. The first-order valence-corrected chi connectivity index (χ1v) is 10.5. The Labute approximate surface area is 169 Å². The maximum absolute atomic E-state index is 12.3. The van der Waals surface area contributed by atoms with Crippen molar-refractivity contribution in [3.8, 4) is 0 Å². The van der Waals surface area contributed by atoms with E-state index in [1.54, 1.807) is 11.8 Å². The Kier molecular flexibility index (Phi) is 7.64. The van der Waals surface area contributed by atoms with Crippen LogP contribution in [0, 0.1) is 6.92 Å². The zero-order valence-electron chi connectivity index (χ0n) is 15.4. The molecular weight excluding hydrogens is 384 g/mol. The SMILES string of the molecule is Cc1ccc(C(CNC(=O)CCSc2ccc(Cl)cc2)N2CCOCC2)o1. The van der Waals surface area contributed by atoms with Gasteiger partial charge in [0.2, 0.25) is 5.91 Å². The number of carbonyl (C=O) groups excluding carboxylic acids is 1. The van der Waals surface area contributed by atoms with Gasteiger partial charge in [0.1, 0.15) is 11.5 Å². The number of aryl methyl sites for hydroxylation is 1. The first-order valence-electron chi connectivity index (χ1n) is 9.15. The molecule has 2 heterocycles. The number of carbonyl (C=O) groups is 1. The third kappa shape index (κ3) is 6.28. The predicted octanol–water partition coefficient (Wildman–Crippen LogP) is 3.91. The van der Waals surface area contributed by atoms with Crippen LogP contribution in [0.5, 0.6) is 0 Å². The van der Waals surface area contributed by atoms with E-state index in [9.17, 15) is 4.79 Å². The van der Waals surface area contributed by atoms with E-state index in [2.05, 4.69) is 10.2 Å². The fourth-order valence-electron chi connectivity index (χ4n) is 3.02. The molecule has 0 saturated carbocycles. The number of nitrogens with one attached hydrogen (secondary N) is 1. The topological polar surface area (TPSA) is 54.7 Å². The van der Waals surface area contributed by atoms with Crippen LogP contribution >= 0.6 is 23.4 Å². The Morgan fingerprint density at radius 3 is 2.63 bits per heavy atom. The Bertz CT molecular complexity index is 729. The molecule has 1 aromatic heterocycles. The highest BCUT2D eigenvalue weighted by molar-refractivity contribution is 7.99. The third-order valence-corrected chi connectivity index (χ3v) is 5.75. The van der Waals surface area contributed by atoms with Gasteiger partial charge < -0.3 is 14.5 Å². The normalized spacial score (nSPS) is 16.2. The quantitative estimate of drug-likeness (QED) is 0.671. The van der Waals surface area contributed by atoms with Gasteiger partial charge in [-0.25, -0.2) is 0 Å². The fourth-order valence-corrected chi connectivity index (χ4v) is 4.00. The molecule has 1 atom stereocenters. The second-order valence-electron chi connectivity index (χ2n) is 6.47. The molecule has 1 fully saturated rings. The lowest BCUT2D eigenvalue weighted by atomic mass is 10.1. The van der Waals surface area contributed by atoms with Crippen molar-refractivity contribution in [1.82, 2.24) is 10.2 Å². The first-order chi connectivity index (χ1) is 13.1. The maximum Gasteiger partial charge on any atom is 0.220 e. The summed E-state index contributed by atoms with van der Waals surface area (Å²) in [7, 11) is 0. The van der Waals surface area contributed by atoms with E-state index in [1.807, 2.05) is 43.3 Å². The number of amides is 1. The molecule has 3 rings (SSSR count). The molecule has 0 radical (unpaired) electrons. The molecule has 1 amide bonds. The largest absolute Gasteiger partial charge is 0.465 e. The molecule has 0 bridgehead atoms. The lowest BCUT2D eigenvalue weighted by Crippen LogP contribution is -2.43. The highest BCUT2D eigenvalue weighted by Gasteiger charge is 2.25. The average Bonchev–Trinajstić information content (AvgIpc) is 3.10. The zero-order chi connectivity index (χ0) is 19.1. The molecule has 27 heavy (non-hydrogen) atoms. The zero-order valence-corrected chi connectivity index (χ0v) is 17.0. The number of nitrogens with zero attached hydrogens (tertiary/aromatic N) is 1. The summed E-state index contributed by atoms with van der Waals surface area (Å²) in [4.78, 5) is 15.7. The number of hydrogen-bond donors (Lipinski definition) is 1. The average molecular weight is 409 g/mol. The van der Waals surface area contributed by atoms with Gasteiger partial charge in [0, 0.05) is 41.7 Å². The molecule has 146 valence electrons. The molecule has 7 heteroatoms. The van der Waals surface area contributed by atoms with Crippen molar-refractivity contribution in [1.29, 1.82) is 0 Å². The van der Waals surface area contributed by atoms with Gasteiger partial charge in [-0.3, -0.25) is 9.69 Å². The maximum atomic E-state index is 12.3. The van der Waals surface area contributed by atoms with Crippen molar-refractivity contribution in [3.63, 3.8) is 0 Å². The van der Waals surface area contributed by atoms with Gasteiger partial charge in [0.25, 0.3) is 0 Å². The Hall–Kier alpha value is -1.47. The summed E-state index contributed by atoms with van der Waals surface area (Å²) < 4.78 is 11.3. The summed E-state index contributed by atoms with van der Waals surface area (Å²) in [6.07, 6.45) is 0.473. The number of ether oxygens (including phenoxy) is 1. The van der Waals surface area contributed by atoms with Gasteiger partial charge in [-0.2, -0.15) is 0 Å². The van der Waals surface area contributed by atoms with E-state index in [1.165, 1.54) is 0 Å². The van der Waals surface area contributed by atoms with E-state index < -0.39 is 0 Å². The second kappa shape index (κ2) is 10.2. The van der Waals surface area contributed by atoms with Gasteiger partial charge in [0.05, 0.1) is 19.3 Å². The van der Waals surface area contributed by atoms with Gasteiger partial charge in [-0.1, -0.05) is 11.6 Å². The van der Waals surface area contributed by atoms with E-state index in [0.717, 1.165) is 40.3 Å². The molecule has 0 aliphatic carbocycles. The number of furan rings is 1. The minimum Gasteiger partial charge on any atom is -0.465 e. The summed E-state index contributed by atoms with van der Waals surface area (Å²) in [5.74, 6) is 2.56. The molecule has 1 unspecified atom stereocenters. The summed E-state index contributed by atoms with van der Waals surface area (Å²) in [6.45, 7) is 5.58. The van der Waals surface area contributed by atoms with Crippen LogP contribution in [0.2, 0.25) is 5.02 Å². The lowest BCUT2D eigenvalue weighted by Gasteiger charge is -2.33. The molecule has 1 saturated heterocycles. The van der Waals surface area contributed by atoms with Crippen molar-refractivity contribution in [2.24, 2.45) is 0 Å². The Morgan fingerprint density at radius 1 is 1.22 bits per heavy atom. The summed E-state index contributed by atoms with van der Waals surface area (Å²) >= 11 is 7.54.